The lowest BCUT2D eigenvalue weighted by Crippen LogP contribution is -2.76. The molecule has 0 N–H and O–H groups in total. The van der Waals surface area contributed by atoms with Gasteiger partial charge < -0.3 is 4.57 Å². The minimum atomic E-state index is -0.658. The van der Waals surface area contributed by atoms with Crippen LogP contribution in [-0.2, 0) is 5.66 Å². The Hall–Kier alpha value is -6.50. The van der Waals surface area contributed by atoms with Crippen LogP contribution in [0.4, 0.5) is 0 Å². The van der Waals surface area contributed by atoms with Crippen molar-refractivity contribution in [2.75, 3.05) is 0 Å². The number of para-hydroxylation sites is 2. The number of hydrogen-bond donors (Lipinski definition) is 0. The van der Waals surface area contributed by atoms with Crippen LogP contribution in [0.3, 0.4) is 0 Å². The van der Waals surface area contributed by atoms with Gasteiger partial charge >= 0.3 is 11.3 Å². The SMILES string of the molecule is c1cc2c3c(c1)-n1cc(-c4ccc5c(c4)sc4ccccc45)c[n+]1C31c3c(ccc4c5ccccc5n-2c34)-n2c3ccccc3c3ccc[n+]1c32. The van der Waals surface area contributed by atoms with E-state index in [1.165, 1.54) is 103 Å². The molecule has 1 spiro atoms. The van der Waals surface area contributed by atoms with Crippen molar-refractivity contribution in [3.05, 3.63) is 163 Å². The van der Waals surface area contributed by atoms with Crippen LogP contribution in [0.5, 0.6) is 0 Å². The highest BCUT2D eigenvalue weighted by Crippen LogP contribution is 2.54. The average Bonchev–Trinajstić information content (AvgIpc) is 3.98. The van der Waals surface area contributed by atoms with E-state index in [-0.39, 0.29) is 0 Å². The molecule has 3 aliphatic rings. The molecule has 0 bridgehead atoms. The normalized spacial score (nSPS) is 16.3. The van der Waals surface area contributed by atoms with Gasteiger partial charge in [0.05, 0.1) is 40.1 Å². The largest absolute Gasteiger partial charge is 0.394 e. The van der Waals surface area contributed by atoms with E-state index in [0.717, 1.165) is 0 Å². The Morgan fingerprint density at radius 1 is 0.510 bits per heavy atom. The summed E-state index contributed by atoms with van der Waals surface area (Å²) in [5.74, 6) is 0. The number of fused-ring (bicyclic) bond motifs is 13. The van der Waals surface area contributed by atoms with Gasteiger partial charge in [-0.05, 0) is 72.3 Å². The van der Waals surface area contributed by atoms with Crippen molar-refractivity contribution in [2.45, 2.75) is 5.66 Å². The number of aromatic nitrogens is 5. The second kappa shape index (κ2) is 8.27. The maximum Gasteiger partial charge on any atom is 0.394 e. The highest BCUT2D eigenvalue weighted by Gasteiger charge is 2.68. The number of benzene rings is 6. The topological polar surface area (TPSA) is 22.5 Å². The van der Waals surface area contributed by atoms with Crippen LogP contribution in [-0.4, -0.2) is 13.8 Å². The zero-order valence-electron chi connectivity index (χ0n) is 27.1. The van der Waals surface area contributed by atoms with Crippen molar-refractivity contribution >= 4 is 75.3 Å². The van der Waals surface area contributed by atoms with Gasteiger partial charge in [0.25, 0.3) is 0 Å². The number of pyridine rings is 1. The smallest absolute Gasteiger partial charge is 0.307 e. The standard InChI is InChI=1S/C45H25N5S/c1-4-13-34-28(9-1)32-20-21-38-42-43(32)49(34)37-16-7-15-36-41(37)45(42,46-22-8-12-33-29-10-2-5-14-35(29)50(38)44(33)46)48-25-27(24-47(36)48)26-18-19-31-30-11-3-6-17-39(30)51-40(31)23-26/h1-25H/q+2. The molecule has 8 heterocycles. The molecule has 6 heteroatoms. The van der Waals surface area contributed by atoms with E-state index in [9.17, 15) is 0 Å². The predicted molar refractivity (Wildman–Crippen MR) is 205 cm³/mol. The zero-order chi connectivity index (χ0) is 32.7. The Kier molecular flexibility index (Phi) is 4.13. The van der Waals surface area contributed by atoms with Crippen LogP contribution in [0, 0.1) is 0 Å². The predicted octanol–water partition coefficient (Wildman–Crippen LogP) is 9.52. The molecule has 1 atom stereocenters. The number of thiophene rings is 1. The summed E-state index contributed by atoms with van der Waals surface area (Å²) in [7, 11) is 0. The minimum Gasteiger partial charge on any atom is -0.307 e. The molecule has 1 unspecified atom stereocenters. The molecule has 14 rings (SSSR count). The summed E-state index contributed by atoms with van der Waals surface area (Å²) >= 11 is 1.88. The molecule has 0 amide bonds. The van der Waals surface area contributed by atoms with Crippen molar-refractivity contribution < 1.29 is 9.25 Å². The van der Waals surface area contributed by atoms with E-state index >= 15 is 0 Å². The lowest BCUT2D eigenvalue weighted by Gasteiger charge is -2.33. The summed E-state index contributed by atoms with van der Waals surface area (Å²) in [6, 6.07) is 49.7. The van der Waals surface area contributed by atoms with E-state index in [1.807, 2.05) is 11.3 Å². The van der Waals surface area contributed by atoms with Crippen molar-refractivity contribution in [1.29, 1.82) is 0 Å². The summed E-state index contributed by atoms with van der Waals surface area (Å²) in [4.78, 5) is 0. The van der Waals surface area contributed by atoms with Crippen molar-refractivity contribution in [3.63, 3.8) is 0 Å². The van der Waals surface area contributed by atoms with Crippen molar-refractivity contribution in [2.24, 2.45) is 0 Å². The molecule has 0 saturated heterocycles. The highest BCUT2D eigenvalue weighted by molar-refractivity contribution is 7.25. The van der Waals surface area contributed by atoms with Crippen LogP contribution in [0.1, 0.15) is 11.1 Å². The van der Waals surface area contributed by atoms with Gasteiger partial charge in [-0.25, -0.2) is 0 Å². The van der Waals surface area contributed by atoms with Gasteiger partial charge in [-0.15, -0.1) is 16.0 Å². The average molecular weight is 668 g/mol. The molecule has 6 aromatic carbocycles. The van der Waals surface area contributed by atoms with Gasteiger partial charge in [-0.1, -0.05) is 71.4 Å². The van der Waals surface area contributed by atoms with Gasteiger partial charge in [0.1, 0.15) is 22.3 Å². The first-order chi connectivity index (χ1) is 25.3. The Morgan fingerprint density at radius 3 is 2.12 bits per heavy atom. The summed E-state index contributed by atoms with van der Waals surface area (Å²) < 4.78 is 15.2. The molecule has 234 valence electrons. The Bertz CT molecular complexity index is 3440. The van der Waals surface area contributed by atoms with E-state index in [1.54, 1.807) is 0 Å². The third-order valence-corrected chi connectivity index (χ3v) is 13.2. The molecule has 0 aliphatic carbocycles. The van der Waals surface area contributed by atoms with Crippen molar-refractivity contribution in [3.8, 4) is 28.2 Å². The van der Waals surface area contributed by atoms with Gasteiger partial charge in [0.15, 0.2) is 5.69 Å². The maximum absolute atomic E-state index is 2.58. The maximum atomic E-state index is 2.58. The highest BCUT2D eigenvalue weighted by atomic mass is 32.1. The third-order valence-electron chi connectivity index (χ3n) is 12.0. The van der Waals surface area contributed by atoms with Gasteiger partial charge in [-0.3, -0.25) is 0 Å². The van der Waals surface area contributed by atoms with Gasteiger partial charge in [0, 0.05) is 36.3 Å². The molecule has 5 nitrogen and oxygen atoms in total. The van der Waals surface area contributed by atoms with E-state index in [0.29, 0.717) is 0 Å². The van der Waals surface area contributed by atoms with Gasteiger partial charge in [-0.2, -0.15) is 9.13 Å². The second-order valence-electron chi connectivity index (χ2n) is 14.2. The fraction of sp³-hybridized carbons (Fsp3) is 0.0222. The van der Waals surface area contributed by atoms with E-state index in [4.69, 9.17) is 0 Å². The third kappa shape index (κ3) is 2.64. The first kappa shape index (κ1) is 25.5. The molecule has 0 fully saturated rings. The Morgan fingerprint density at radius 2 is 1.22 bits per heavy atom. The molecule has 11 aromatic rings. The number of rotatable bonds is 1. The first-order valence-corrected chi connectivity index (χ1v) is 18.3. The first-order valence-electron chi connectivity index (χ1n) is 17.5. The van der Waals surface area contributed by atoms with Gasteiger partial charge in [0.2, 0.25) is 6.20 Å². The fourth-order valence-corrected chi connectivity index (χ4v) is 11.3. The fourth-order valence-electron chi connectivity index (χ4n) is 10.2. The lowest BCUT2D eigenvalue weighted by atomic mass is 9.83. The quantitative estimate of drug-likeness (QED) is 0.156. The molecular formula is C45H25N5S+2. The minimum absolute atomic E-state index is 0.658. The lowest BCUT2D eigenvalue weighted by molar-refractivity contribution is -0.987. The summed E-state index contributed by atoms with van der Waals surface area (Å²) in [6.07, 6.45) is 7.08. The molecule has 3 aliphatic heterocycles. The Labute approximate surface area is 294 Å². The summed E-state index contributed by atoms with van der Waals surface area (Å²) in [5.41, 5.74) is 13.1. The second-order valence-corrected chi connectivity index (χ2v) is 15.3. The molecule has 0 saturated carbocycles. The Balaban J connectivity index is 1.18. The monoisotopic (exact) mass is 667 g/mol. The van der Waals surface area contributed by atoms with Crippen LogP contribution < -0.4 is 9.25 Å². The molecular weight excluding hydrogens is 643 g/mol. The number of nitrogens with zero attached hydrogens (tertiary/aromatic N) is 5. The van der Waals surface area contributed by atoms with Crippen LogP contribution in [0.15, 0.2) is 152 Å². The number of hydrogen-bond acceptors (Lipinski definition) is 1. The summed E-state index contributed by atoms with van der Waals surface area (Å²) in [6.45, 7) is 0. The molecule has 51 heavy (non-hydrogen) atoms. The van der Waals surface area contributed by atoms with E-state index in [2.05, 4.69) is 175 Å². The summed E-state index contributed by atoms with van der Waals surface area (Å²) in [5, 5.41) is 7.76. The van der Waals surface area contributed by atoms with Crippen LogP contribution in [0.2, 0.25) is 0 Å². The zero-order valence-corrected chi connectivity index (χ0v) is 27.9. The van der Waals surface area contributed by atoms with E-state index < -0.39 is 5.66 Å². The van der Waals surface area contributed by atoms with Crippen LogP contribution in [0.25, 0.3) is 92.1 Å². The molecule has 0 radical (unpaired) electrons. The van der Waals surface area contributed by atoms with Crippen LogP contribution >= 0.6 is 11.3 Å². The molecule has 5 aromatic heterocycles. The van der Waals surface area contributed by atoms with Crippen molar-refractivity contribution in [1.82, 2.24) is 13.8 Å².